The summed E-state index contributed by atoms with van der Waals surface area (Å²) in [5.74, 6) is 0. The monoisotopic (exact) mass is 727 g/mol. The molecule has 0 unspecified atom stereocenters. The summed E-state index contributed by atoms with van der Waals surface area (Å²) in [5, 5.41) is 2.53. The summed E-state index contributed by atoms with van der Waals surface area (Å²) in [7, 11) is 0. The van der Waals surface area contributed by atoms with Gasteiger partial charge >= 0.3 is 0 Å². The van der Waals surface area contributed by atoms with E-state index in [0.29, 0.717) is 0 Å². The predicted octanol–water partition coefficient (Wildman–Crippen LogP) is 14.6. The van der Waals surface area contributed by atoms with Gasteiger partial charge < -0.3 is 4.90 Å². The lowest BCUT2D eigenvalue weighted by Gasteiger charge is -2.36. The van der Waals surface area contributed by atoms with Gasteiger partial charge in [0.25, 0.3) is 0 Å². The van der Waals surface area contributed by atoms with Crippen LogP contribution >= 0.6 is 0 Å². The Morgan fingerprint density at radius 1 is 0.368 bits per heavy atom. The van der Waals surface area contributed by atoms with Crippen molar-refractivity contribution in [1.82, 2.24) is 0 Å². The highest BCUT2D eigenvalue weighted by Gasteiger charge is 2.47. The van der Waals surface area contributed by atoms with E-state index in [1.165, 1.54) is 83.2 Å². The zero-order valence-corrected chi connectivity index (χ0v) is 32.2. The molecular formula is C56H41N. The van der Waals surface area contributed by atoms with E-state index in [-0.39, 0.29) is 5.41 Å². The van der Waals surface area contributed by atoms with Gasteiger partial charge in [0.05, 0.1) is 11.1 Å². The van der Waals surface area contributed by atoms with Crippen molar-refractivity contribution >= 4 is 27.8 Å². The van der Waals surface area contributed by atoms with Gasteiger partial charge in [-0.25, -0.2) is 0 Å². The molecule has 0 N–H and O–H groups in total. The van der Waals surface area contributed by atoms with Crippen LogP contribution < -0.4 is 4.90 Å². The minimum absolute atomic E-state index is 0.185. The van der Waals surface area contributed by atoms with Crippen molar-refractivity contribution in [3.63, 3.8) is 0 Å². The molecule has 0 bridgehead atoms. The average molecular weight is 728 g/mol. The normalized spacial score (nSPS) is 14.1. The van der Waals surface area contributed by atoms with Crippen LogP contribution in [0, 0.1) is 0 Å². The molecule has 0 saturated heterocycles. The van der Waals surface area contributed by atoms with Crippen molar-refractivity contribution in [3.8, 4) is 33.4 Å². The van der Waals surface area contributed by atoms with Crippen LogP contribution in [-0.2, 0) is 10.8 Å². The summed E-state index contributed by atoms with van der Waals surface area (Å²) in [6.45, 7) is 4.80. The Morgan fingerprint density at radius 3 is 1.54 bits per heavy atom. The summed E-state index contributed by atoms with van der Waals surface area (Å²) < 4.78 is 0. The molecule has 9 aromatic carbocycles. The van der Waals surface area contributed by atoms with Crippen molar-refractivity contribution in [2.45, 2.75) is 24.7 Å². The minimum Gasteiger partial charge on any atom is -0.309 e. The van der Waals surface area contributed by atoms with E-state index in [0.717, 1.165) is 11.4 Å². The number of anilines is 3. The molecule has 11 rings (SSSR count). The maximum absolute atomic E-state index is 2.54. The van der Waals surface area contributed by atoms with Gasteiger partial charge in [0.2, 0.25) is 0 Å². The smallest absolute Gasteiger partial charge is 0.0714 e. The first kappa shape index (κ1) is 33.4. The van der Waals surface area contributed by atoms with E-state index < -0.39 is 5.41 Å². The Kier molecular flexibility index (Phi) is 7.50. The molecule has 0 atom stereocenters. The van der Waals surface area contributed by atoms with Crippen molar-refractivity contribution in [3.05, 3.63) is 246 Å². The molecule has 2 aliphatic carbocycles. The van der Waals surface area contributed by atoms with Crippen LogP contribution in [0.2, 0.25) is 0 Å². The topological polar surface area (TPSA) is 3.24 Å². The Morgan fingerprint density at radius 2 is 0.877 bits per heavy atom. The van der Waals surface area contributed by atoms with Gasteiger partial charge in [-0.3, -0.25) is 0 Å². The third-order valence-corrected chi connectivity index (χ3v) is 12.7. The van der Waals surface area contributed by atoms with Crippen LogP contribution in [0.15, 0.2) is 212 Å². The molecule has 0 spiro atoms. The molecule has 270 valence electrons. The van der Waals surface area contributed by atoms with Crippen molar-refractivity contribution in [2.24, 2.45) is 0 Å². The largest absolute Gasteiger partial charge is 0.309 e. The van der Waals surface area contributed by atoms with Gasteiger partial charge in [-0.15, -0.1) is 0 Å². The molecule has 0 amide bonds. The van der Waals surface area contributed by atoms with Gasteiger partial charge in [0.1, 0.15) is 0 Å². The number of fused-ring (bicyclic) bond motifs is 8. The molecule has 0 aliphatic heterocycles. The van der Waals surface area contributed by atoms with E-state index in [1.54, 1.807) is 0 Å². The Bertz CT molecular complexity index is 2920. The molecule has 9 aromatic rings. The summed E-state index contributed by atoms with van der Waals surface area (Å²) in [6, 6.07) is 78.7. The first-order valence-electron chi connectivity index (χ1n) is 20.0. The molecule has 0 aromatic heterocycles. The van der Waals surface area contributed by atoms with Crippen LogP contribution in [0.4, 0.5) is 17.1 Å². The van der Waals surface area contributed by atoms with Gasteiger partial charge in [-0.1, -0.05) is 202 Å². The predicted molar refractivity (Wildman–Crippen MR) is 239 cm³/mol. The molecule has 0 radical (unpaired) electrons. The third kappa shape index (κ3) is 4.76. The molecule has 1 heteroatoms. The van der Waals surface area contributed by atoms with E-state index >= 15 is 0 Å². The number of hydrogen-bond donors (Lipinski definition) is 0. The molecule has 0 fully saturated rings. The van der Waals surface area contributed by atoms with Crippen LogP contribution in [0.3, 0.4) is 0 Å². The number of benzene rings is 9. The number of hydrogen-bond acceptors (Lipinski definition) is 1. The van der Waals surface area contributed by atoms with Gasteiger partial charge in [-0.2, -0.15) is 0 Å². The first-order chi connectivity index (χ1) is 28.1. The molecular weight excluding hydrogens is 687 g/mol. The van der Waals surface area contributed by atoms with Crippen LogP contribution in [0.1, 0.15) is 47.2 Å². The van der Waals surface area contributed by atoms with Crippen molar-refractivity contribution in [2.75, 3.05) is 4.90 Å². The fraction of sp³-hybridized carbons (Fsp3) is 0.0714. The van der Waals surface area contributed by atoms with Crippen LogP contribution in [-0.4, -0.2) is 0 Å². The molecule has 1 nitrogen and oxygen atoms in total. The van der Waals surface area contributed by atoms with Crippen LogP contribution in [0.25, 0.3) is 44.2 Å². The second kappa shape index (κ2) is 12.8. The lowest BCUT2D eigenvalue weighted by Crippen LogP contribution is -2.28. The van der Waals surface area contributed by atoms with Gasteiger partial charge in [0, 0.05) is 27.7 Å². The Hall–Kier alpha value is -6.96. The number of rotatable bonds is 6. The molecule has 57 heavy (non-hydrogen) atoms. The molecule has 0 heterocycles. The SMILES string of the molecule is CC1(C)c2ccccc2-c2c(-c3ccccc3)c(N(c3ccccc3)c3ccc4c(c3)C(c3ccccc3)(c3ccccc3)c3ccccc3-4)c3ccccc3c21. The van der Waals surface area contributed by atoms with Crippen molar-refractivity contribution < 1.29 is 0 Å². The summed E-state index contributed by atoms with van der Waals surface area (Å²) in [4.78, 5) is 2.54. The Labute approximate surface area is 335 Å². The zero-order valence-electron chi connectivity index (χ0n) is 32.2. The summed E-state index contributed by atoms with van der Waals surface area (Å²) >= 11 is 0. The number of para-hydroxylation sites is 1. The highest BCUT2D eigenvalue weighted by atomic mass is 15.1. The fourth-order valence-corrected chi connectivity index (χ4v) is 10.4. The highest BCUT2D eigenvalue weighted by molar-refractivity contribution is 6.16. The first-order valence-corrected chi connectivity index (χ1v) is 20.0. The van der Waals surface area contributed by atoms with E-state index in [1.807, 2.05) is 0 Å². The maximum Gasteiger partial charge on any atom is 0.0714 e. The summed E-state index contributed by atoms with van der Waals surface area (Å²) in [6.07, 6.45) is 0. The Balaban J connectivity index is 1.29. The highest BCUT2D eigenvalue weighted by Crippen LogP contribution is 2.61. The van der Waals surface area contributed by atoms with Gasteiger partial charge in [-0.05, 0) is 90.8 Å². The van der Waals surface area contributed by atoms with Crippen LogP contribution in [0.5, 0.6) is 0 Å². The fourth-order valence-electron chi connectivity index (χ4n) is 10.4. The number of nitrogens with zero attached hydrogens (tertiary/aromatic N) is 1. The second-order valence-corrected chi connectivity index (χ2v) is 16.0. The van der Waals surface area contributed by atoms with E-state index in [9.17, 15) is 0 Å². The minimum atomic E-state index is -0.516. The van der Waals surface area contributed by atoms with E-state index in [2.05, 4.69) is 231 Å². The van der Waals surface area contributed by atoms with Crippen molar-refractivity contribution in [1.29, 1.82) is 0 Å². The summed E-state index contributed by atoms with van der Waals surface area (Å²) in [5.41, 5.74) is 18.3. The second-order valence-electron chi connectivity index (χ2n) is 16.0. The molecule has 2 aliphatic rings. The molecule has 0 saturated carbocycles. The average Bonchev–Trinajstić information content (AvgIpc) is 3.71. The maximum atomic E-state index is 2.54. The lowest BCUT2D eigenvalue weighted by atomic mass is 9.67. The standard InChI is InChI=1S/C56H41N/c1-55(2)48-33-19-18-32-47(48)52-51(38-21-7-3-8-22-38)54(46-31-16-15-30-45(46)53(52)55)57(41-27-13-6-14-28-41)42-35-36-44-43-29-17-20-34-49(43)56(50(44)37-42,39-23-9-4-10-24-39)40-25-11-5-12-26-40/h3-37H,1-2H3. The quantitative estimate of drug-likeness (QED) is 0.165. The zero-order chi connectivity index (χ0) is 38.1. The third-order valence-electron chi connectivity index (χ3n) is 12.7. The lowest BCUT2D eigenvalue weighted by molar-refractivity contribution is 0.666. The van der Waals surface area contributed by atoms with Gasteiger partial charge in [0.15, 0.2) is 0 Å². The van der Waals surface area contributed by atoms with E-state index in [4.69, 9.17) is 0 Å².